The van der Waals surface area contributed by atoms with Gasteiger partial charge in [-0.05, 0) is 15.9 Å². The molecule has 7 heteroatoms. The smallest absolute Gasteiger partial charge is 0.281 e. The first-order valence-corrected chi connectivity index (χ1v) is 6.57. The minimum Gasteiger partial charge on any atom is -0.361 e. The number of rotatable bonds is 3. The first-order valence-electron chi connectivity index (χ1n) is 4.96. The van der Waals surface area contributed by atoms with Crippen LogP contribution in [0.2, 0.25) is 0 Å². The lowest BCUT2D eigenvalue weighted by Crippen LogP contribution is -2.26. The zero-order valence-electron chi connectivity index (χ0n) is 9.31. The molecule has 0 N–H and O–H groups in total. The van der Waals surface area contributed by atoms with Crippen LogP contribution in [0.3, 0.4) is 0 Å². The van der Waals surface area contributed by atoms with Crippen molar-refractivity contribution in [3.05, 3.63) is 27.5 Å². The van der Waals surface area contributed by atoms with Crippen LogP contribution < -0.4 is 4.90 Å². The van der Waals surface area contributed by atoms with E-state index in [1.54, 1.807) is 19.3 Å². The molecule has 1 amide bonds. The summed E-state index contributed by atoms with van der Waals surface area (Å²) >= 11 is 4.69. The second-order valence-electron chi connectivity index (χ2n) is 3.34. The number of halogens is 1. The Hall–Kier alpha value is -1.21. The summed E-state index contributed by atoms with van der Waals surface area (Å²) < 4.78 is 5.88. The van der Waals surface area contributed by atoms with Gasteiger partial charge in [-0.15, -0.1) is 0 Å². The summed E-state index contributed by atoms with van der Waals surface area (Å²) in [6.45, 7) is 1.94. The Labute approximate surface area is 111 Å². The summed E-state index contributed by atoms with van der Waals surface area (Å²) in [5.41, 5.74) is 0.302. The van der Waals surface area contributed by atoms with E-state index < -0.39 is 0 Å². The molecule has 2 rings (SSSR count). The summed E-state index contributed by atoms with van der Waals surface area (Å²) in [7, 11) is 1.66. The van der Waals surface area contributed by atoms with E-state index in [1.807, 2.05) is 6.92 Å². The van der Waals surface area contributed by atoms with E-state index in [9.17, 15) is 4.79 Å². The molecule has 0 saturated heterocycles. The normalized spacial score (nSPS) is 10.5. The van der Waals surface area contributed by atoms with E-state index in [0.29, 0.717) is 23.0 Å². The van der Waals surface area contributed by atoms with Crippen molar-refractivity contribution in [1.82, 2.24) is 10.1 Å². The fraction of sp³-hybridized carbons (Fsp3) is 0.300. The molecule has 17 heavy (non-hydrogen) atoms. The van der Waals surface area contributed by atoms with Gasteiger partial charge in [0.25, 0.3) is 5.91 Å². The van der Waals surface area contributed by atoms with Crippen LogP contribution in [0.25, 0.3) is 0 Å². The van der Waals surface area contributed by atoms with Crippen LogP contribution in [0.15, 0.2) is 20.6 Å². The van der Waals surface area contributed by atoms with Crippen LogP contribution in [-0.4, -0.2) is 23.1 Å². The van der Waals surface area contributed by atoms with E-state index in [4.69, 9.17) is 4.52 Å². The molecule has 2 aromatic heterocycles. The average Bonchev–Trinajstić information content (AvgIpc) is 2.95. The number of amides is 1. The maximum atomic E-state index is 12.0. The molecule has 0 atom stereocenters. The van der Waals surface area contributed by atoms with Gasteiger partial charge in [-0.25, -0.2) is 4.98 Å². The Morgan fingerprint density at radius 1 is 1.65 bits per heavy atom. The number of hydrogen-bond donors (Lipinski definition) is 0. The summed E-state index contributed by atoms with van der Waals surface area (Å²) in [4.78, 5) is 17.6. The summed E-state index contributed by atoms with van der Waals surface area (Å²) in [6.07, 6.45) is 2.37. The van der Waals surface area contributed by atoms with Gasteiger partial charge in [0.15, 0.2) is 10.8 Å². The number of anilines is 1. The summed E-state index contributed by atoms with van der Waals surface area (Å²) in [6, 6.07) is 1.65. The highest BCUT2D eigenvalue weighted by Gasteiger charge is 2.19. The topological polar surface area (TPSA) is 59.2 Å². The van der Waals surface area contributed by atoms with Crippen molar-refractivity contribution in [3.63, 3.8) is 0 Å². The molecule has 0 fully saturated rings. The van der Waals surface area contributed by atoms with Gasteiger partial charge >= 0.3 is 0 Å². The lowest BCUT2D eigenvalue weighted by atomic mass is 10.3. The number of carbonyl (C=O) groups excluding carboxylic acids is 1. The fourth-order valence-electron chi connectivity index (χ4n) is 1.24. The zero-order chi connectivity index (χ0) is 12.4. The van der Waals surface area contributed by atoms with Crippen LogP contribution in [-0.2, 0) is 6.42 Å². The molecule has 0 spiro atoms. The Bertz CT molecular complexity index is 537. The molecule has 0 aliphatic carbocycles. The molecular formula is C10H10BrN3O2S. The van der Waals surface area contributed by atoms with E-state index in [1.165, 1.54) is 16.2 Å². The van der Waals surface area contributed by atoms with Gasteiger partial charge in [-0.2, -0.15) is 0 Å². The van der Waals surface area contributed by atoms with Crippen molar-refractivity contribution in [2.75, 3.05) is 11.9 Å². The summed E-state index contributed by atoms with van der Waals surface area (Å²) in [5, 5.41) is 4.35. The lowest BCUT2D eigenvalue weighted by molar-refractivity contribution is 0.0984. The predicted octanol–water partition coefficient (Wildman–Crippen LogP) is 2.73. The van der Waals surface area contributed by atoms with E-state index in [0.717, 1.165) is 3.79 Å². The van der Waals surface area contributed by atoms with Gasteiger partial charge < -0.3 is 4.52 Å². The fourth-order valence-corrected chi connectivity index (χ4v) is 2.38. The number of aromatic nitrogens is 2. The maximum absolute atomic E-state index is 12.0. The number of carbonyl (C=O) groups is 1. The van der Waals surface area contributed by atoms with Crippen LogP contribution >= 0.6 is 27.3 Å². The standard InChI is InChI=1S/C10H10BrN3O2S/c1-3-6-4-7(13-16-6)9(15)14(2)10-12-5-8(11)17-10/h4-5H,3H2,1-2H3. The Kier molecular flexibility index (Phi) is 3.58. The molecule has 0 radical (unpaired) electrons. The van der Waals surface area contributed by atoms with Crippen LogP contribution in [0.5, 0.6) is 0 Å². The molecule has 2 aromatic rings. The number of nitrogens with zero attached hydrogens (tertiary/aromatic N) is 3. The van der Waals surface area contributed by atoms with Crippen molar-refractivity contribution in [3.8, 4) is 0 Å². The third-order valence-corrected chi connectivity index (χ3v) is 3.74. The Balaban J connectivity index is 2.19. The minimum atomic E-state index is -0.227. The van der Waals surface area contributed by atoms with Crippen LogP contribution in [0, 0.1) is 0 Å². The highest BCUT2D eigenvalue weighted by molar-refractivity contribution is 9.11. The second-order valence-corrected chi connectivity index (χ2v) is 5.73. The Morgan fingerprint density at radius 2 is 2.41 bits per heavy atom. The van der Waals surface area contributed by atoms with Gasteiger partial charge in [0, 0.05) is 19.5 Å². The van der Waals surface area contributed by atoms with Gasteiger partial charge in [-0.1, -0.05) is 23.4 Å². The monoisotopic (exact) mass is 315 g/mol. The van der Waals surface area contributed by atoms with Crippen molar-refractivity contribution < 1.29 is 9.32 Å². The van der Waals surface area contributed by atoms with Crippen LogP contribution in [0.4, 0.5) is 5.13 Å². The van der Waals surface area contributed by atoms with Crippen LogP contribution in [0.1, 0.15) is 23.2 Å². The van der Waals surface area contributed by atoms with Gasteiger partial charge in [0.1, 0.15) is 5.76 Å². The second kappa shape index (κ2) is 4.97. The van der Waals surface area contributed by atoms with E-state index in [-0.39, 0.29) is 5.91 Å². The quantitative estimate of drug-likeness (QED) is 0.873. The molecule has 0 aromatic carbocycles. The molecule has 0 aliphatic rings. The zero-order valence-corrected chi connectivity index (χ0v) is 11.7. The van der Waals surface area contributed by atoms with Crippen molar-refractivity contribution in [1.29, 1.82) is 0 Å². The number of thiazole rings is 1. The largest absolute Gasteiger partial charge is 0.361 e. The van der Waals surface area contributed by atoms with E-state index in [2.05, 4.69) is 26.1 Å². The van der Waals surface area contributed by atoms with Gasteiger partial charge in [0.2, 0.25) is 0 Å². The van der Waals surface area contributed by atoms with Gasteiger partial charge in [-0.3, -0.25) is 9.69 Å². The Morgan fingerprint density at radius 3 is 2.94 bits per heavy atom. The molecule has 0 bridgehead atoms. The molecule has 2 heterocycles. The molecule has 5 nitrogen and oxygen atoms in total. The lowest BCUT2D eigenvalue weighted by Gasteiger charge is -2.10. The molecule has 0 unspecified atom stereocenters. The summed E-state index contributed by atoms with van der Waals surface area (Å²) in [5.74, 6) is 0.470. The minimum absolute atomic E-state index is 0.227. The highest BCUT2D eigenvalue weighted by atomic mass is 79.9. The molecule has 0 saturated carbocycles. The van der Waals surface area contributed by atoms with Gasteiger partial charge in [0.05, 0.1) is 9.98 Å². The third-order valence-electron chi connectivity index (χ3n) is 2.18. The average molecular weight is 316 g/mol. The highest BCUT2D eigenvalue weighted by Crippen LogP contribution is 2.26. The SMILES string of the molecule is CCc1cc(C(=O)N(C)c2ncc(Br)s2)no1. The molecule has 0 aliphatic heterocycles. The predicted molar refractivity (Wildman–Crippen MR) is 68.4 cm³/mol. The number of hydrogen-bond acceptors (Lipinski definition) is 5. The van der Waals surface area contributed by atoms with Crippen molar-refractivity contribution in [2.45, 2.75) is 13.3 Å². The maximum Gasteiger partial charge on any atom is 0.281 e. The van der Waals surface area contributed by atoms with Crippen molar-refractivity contribution in [2.24, 2.45) is 0 Å². The van der Waals surface area contributed by atoms with E-state index >= 15 is 0 Å². The first-order chi connectivity index (χ1) is 8.11. The van der Waals surface area contributed by atoms with Crippen molar-refractivity contribution >= 4 is 38.3 Å². The number of aryl methyl sites for hydroxylation is 1. The molecule has 90 valence electrons. The molecular weight excluding hydrogens is 306 g/mol. The third kappa shape index (κ3) is 2.55. The first kappa shape index (κ1) is 12.3.